The zero-order chi connectivity index (χ0) is 13.2. The van der Waals surface area contributed by atoms with E-state index in [9.17, 15) is 0 Å². The Morgan fingerprint density at radius 1 is 1.21 bits per heavy atom. The molecule has 2 heteroatoms. The van der Waals surface area contributed by atoms with Crippen LogP contribution >= 0.6 is 11.3 Å². The van der Waals surface area contributed by atoms with E-state index in [0.29, 0.717) is 0 Å². The number of thiophene rings is 1. The maximum atomic E-state index is 6.40. The molecule has 19 heavy (non-hydrogen) atoms. The lowest BCUT2D eigenvalue weighted by Crippen LogP contribution is -2.13. The fraction of sp³-hybridized carbons (Fsp3) is 0.412. The topological polar surface area (TPSA) is 26.0 Å². The number of hydrogen-bond donors (Lipinski definition) is 1. The summed E-state index contributed by atoms with van der Waals surface area (Å²) in [6.07, 6.45) is 5.86. The fourth-order valence-electron chi connectivity index (χ4n) is 3.06. The second-order valence-electron chi connectivity index (χ2n) is 5.43. The SMILES string of the molecule is CCc1ccsc1C(N)Cc1ccc2c(c1)CCC2. The zero-order valence-corrected chi connectivity index (χ0v) is 12.3. The van der Waals surface area contributed by atoms with Gasteiger partial charge in [0, 0.05) is 10.9 Å². The van der Waals surface area contributed by atoms with Crippen LogP contribution in [0.3, 0.4) is 0 Å². The van der Waals surface area contributed by atoms with Crippen LogP contribution in [0, 0.1) is 0 Å². The van der Waals surface area contributed by atoms with E-state index >= 15 is 0 Å². The van der Waals surface area contributed by atoms with Crippen LogP contribution in [0.25, 0.3) is 0 Å². The molecule has 0 saturated carbocycles. The molecule has 1 nitrogen and oxygen atoms in total. The number of rotatable bonds is 4. The molecule has 0 aliphatic heterocycles. The van der Waals surface area contributed by atoms with Crippen LogP contribution in [-0.4, -0.2) is 0 Å². The Morgan fingerprint density at radius 3 is 2.89 bits per heavy atom. The average molecular weight is 271 g/mol. The Morgan fingerprint density at radius 2 is 2.05 bits per heavy atom. The smallest absolute Gasteiger partial charge is 0.0433 e. The van der Waals surface area contributed by atoms with Crippen molar-refractivity contribution in [3.05, 3.63) is 56.8 Å². The van der Waals surface area contributed by atoms with Gasteiger partial charge in [0.25, 0.3) is 0 Å². The Kier molecular flexibility index (Phi) is 3.72. The Hall–Kier alpha value is -1.12. The van der Waals surface area contributed by atoms with Gasteiger partial charge in [0.15, 0.2) is 0 Å². The highest BCUT2D eigenvalue weighted by Crippen LogP contribution is 2.28. The van der Waals surface area contributed by atoms with E-state index in [1.165, 1.54) is 35.3 Å². The largest absolute Gasteiger partial charge is 0.323 e. The van der Waals surface area contributed by atoms with Crippen molar-refractivity contribution in [2.24, 2.45) is 5.73 Å². The third kappa shape index (κ3) is 2.60. The van der Waals surface area contributed by atoms with Crippen LogP contribution < -0.4 is 5.73 Å². The molecule has 1 aromatic carbocycles. The molecule has 1 heterocycles. The van der Waals surface area contributed by atoms with Crippen molar-refractivity contribution in [2.45, 2.75) is 45.1 Å². The lowest BCUT2D eigenvalue weighted by molar-refractivity contribution is 0.727. The molecule has 1 unspecified atom stereocenters. The highest BCUT2D eigenvalue weighted by Gasteiger charge is 2.15. The van der Waals surface area contributed by atoms with Crippen molar-refractivity contribution in [1.29, 1.82) is 0 Å². The Bertz CT molecular complexity index is 570. The maximum absolute atomic E-state index is 6.40. The summed E-state index contributed by atoms with van der Waals surface area (Å²) >= 11 is 1.80. The molecule has 0 saturated heterocycles. The first-order valence-electron chi connectivity index (χ1n) is 7.20. The Balaban J connectivity index is 1.78. The molecular formula is C17H21NS. The second kappa shape index (κ2) is 5.48. The van der Waals surface area contributed by atoms with Crippen molar-refractivity contribution < 1.29 is 0 Å². The molecule has 0 bridgehead atoms. The van der Waals surface area contributed by atoms with Crippen LogP contribution in [0.5, 0.6) is 0 Å². The van der Waals surface area contributed by atoms with E-state index in [1.807, 2.05) is 0 Å². The summed E-state index contributed by atoms with van der Waals surface area (Å²) in [4.78, 5) is 1.36. The summed E-state index contributed by atoms with van der Waals surface area (Å²) in [5.41, 5.74) is 12.3. The molecule has 0 amide bonds. The van der Waals surface area contributed by atoms with E-state index in [4.69, 9.17) is 5.73 Å². The second-order valence-corrected chi connectivity index (χ2v) is 6.38. The van der Waals surface area contributed by atoms with Crippen LogP contribution in [0.2, 0.25) is 0 Å². The van der Waals surface area contributed by atoms with Crippen LogP contribution in [0.15, 0.2) is 29.6 Å². The van der Waals surface area contributed by atoms with Crippen LogP contribution in [-0.2, 0) is 25.7 Å². The van der Waals surface area contributed by atoms with Crippen molar-refractivity contribution in [1.82, 2.24) is 0 Å². The summed E-state index contributed by atoms with van der Waals surface area (Å²) in [5.74, 6) is 0. The average Bonchev–Trinajstić information content (AvgIpc) is 3.06. The summed E-state index contributed by atoms with van der Waals surface area (Å²) in [7, 11) is 0. The van der Waals surface area contributed by atoms with Gasteiger partial charge in [0.2, 0.25) is 0 Å². The number of fused-ring (bicyclic) bond motifs is 1. The summed E-state index contributed by atoms with van der Waals surface area (Å²) < 4.78 is 0. The fourth-order valence-corrected chi connectivity index (χ4v) is 4.06. The molecule has 3 rings (SSSR count). The van der Waals surface area contributed by atoms with Crippen molar-refractivity contribution in [3.63, 3.8) is 0 Å². The molecule has 2 aromatic rings. The molecule has 1 atom stereocenters. The predicted octanol–water partition coefficient (Wildman–Crippen LogP) is 4.04. The van der Waals surface area contributed by atoms with Gasteiger partial charge < -0.3 is 5.73 Å². The van der Waals surface area contributed by atoms with Crippen molar-refractivity contribution >= 4 is 11.3 Å². The third-order valence-corrected chi connectivity index (χ3v) is 5.21. The molecule has 1 aromatic heterocycles. The minimum absolute atomic E-state index is 0.148. The maximum Gasteiger partial charge on any atom is 0.0433 e. The molecule has 0 radical (unpaired) electrons. The van der Waals surface area contributed by atoms with Crippen LogP contribution in [0.4, 0.5) is 0 Å². The first-order valence-corrected chi connectivity index (χ1v) is 8.08. The van der Waals surface area contributed by atoms with Gasteiger partial charge in [0.1, 0.15) is 0 Å². The minimum atomic E-state index is 0.148. The standard InChI is InChI=1S/C17H21NS/c1-2-13-8-9-19-17(13)16(18)11-12-6-7-14-4-3-5-15(14)10-12/h6-10,16H,2-5,11,18H2,1H3. The van der Waals surface area contributed by atoms with Gasteiger partial charge in [-0.25, -0.2) is 0 Å². The molecular weight excluding hydrogens is 250 g/mol. The molecule has 2 N–H and O–H groups in total. The van der Waals surface area contributed by atoms with E-state index in [0.717, 1.165) is 12.8 Å². The molecule has 1 aliphatic rings. The highest BCUT2D eigenvalue weighted by atomic mass is 32.1. The number of benzene rings is 1. The van der Waals surface area contributed by atoms with Crippen LogP contribution in [0.1, 0.15) is 46.5 Å². The summed E-state index contributed by atoms with van der Waals surface area (Å²) in [5, 5.41) is 2.16. The monoisotopic (exact) mass is 271 g/mol. The number of aryl methyl sites for hydroxylation is 3. The van der Waals surface area contributed by atoms with E-state index in [2.05, 4.69) is 36.6 Å². The molecule has 100 valence electrons. The summed E-state index contributed by atoms with van der Waals surface area (Å²) in [6.45, 7) is 2.20. The minimum Gasteiger partial charge on any atom is -0.323 e. The van der Waals surface area contributed by atoms with E-state index < -0.39 is 0 Å². The molecule has 1 aliphatic carbocycles. The number of hydrogen-bond acceptors (Lipinski definition) is 2. The highest BCUT2D eigenvalue weighted by molar-refractivity contribution is 7.10. The first-order chi connectivity index (χ1) is 9.28. The summed E-state index contributed by atoms with van der Waals surface area (Å²) in [6, 6.07) is 9.31. The lowest BCUT2D eigenvalue weighted by atomic mass is 9.99. The van der Waals surface area contributed by atoms with Gasteiger partial charge in [-0.15, -0.1) is 11.3 Å². The molecule has 0 spiro atoms. The normalized spacial score (nSPS) is 15.5. The number of nitrogens with two attached hydrogens (primary N) is 1. The van der Waals surface area contributed by atoms with Gasteiger partial charge >= 0.3 is 0 Å². The van der Waals surface area contributed by atoms with Gasteiger partial charge in [-0.2, -0.15) is 0 Å². The quantitative estimate of drug-likeness (QED) is 0.892. The van der Waals surface area contributed by atoms with E-state index in [-0.39, 0.29) is 6.04 Å². The Labute approximate surface area is 119 Å². The van der Waals surface area contributed by atoms with Crippen molar-refractivity contribution in [2.75, 3.05) is 0 Å². The van der Waals surface area contributed by atoms with Gasteiger partial charge in [0.05, 0.1) is 0 Å². The van der Waals surface area contributed by atoms with Crippen molar-refractivity contribution in [3.8, 4) is 0 Å². The van der Waals surface area contributed by atoms with E-state index in [1.54, 1.807) is 22.5 Å². The third-order valence-electron chi connectivity index (χ3n) is 4.12. The van der Waals surface area contributed by atoms with Gasteiger partial charge in [-0.05, 0) is 65.8 Å². The zero-order valence-electron chi connectivity index (χ0n) is 11.5. The first kappa shape index (κ1) is 12.9. The molecule has 0 fully saturated rings. The predicted molar refractivity (Wildman–Crippen MR) is 82.8 cm³/mol. The van der Waals surface area contributed by atoms with Gasteiger partial charge in [-0.3, -0.25) is 0 Å². The van der Waals surface area contributed by atoms with Gasteiger partial charge in [-0.1, -0.05) is 25.1 Å². The lowest BCUT2D eigenvalue weighted by Gasteiger charge is -2.13.